The molecule has 27 heavy (non-hydrogen) atoms. The number of ether oxygens (including phenoxy) is 1. The van der Waals surface area contributed by atoms with E-state index in [1.807, 2.05) is 18.2 Å². The van der Waals surface area contributed by atoms with E-state index in [2.05, 4.69) is 50.1 Å². The number of benzene rings is 2. The first-order chi connectivity index (χ1) is 13.3. The molecule has 0 radical (unpaired) electrons. The summed E-state index contributed by atoms with van der Waals surface area (Å²) in [6, 6.07) is 16.8. The zero-order chi connectivity index (χ0) is 18.2. The second-order valence-corrected chi connectivity index (χ2v) is 7.63. The van der Waals surface area contributed by atoms with Gasteiger partial charge in [-0.3, -0.25) is 4.90 Å². The minimum absolute atomic E-state index is 0.208. The van der Waals surface area contributed by atoms with Gasteiger partial charge in [0.15, 0.2) is 0 Å². The Morgan fingerprint density at radius 2 is 1.96 bits per heavy atom. The fourth-order valence-corrected chi connectivity index (χ4v) is 4.38. The minimum Gasteiger partial charge on any atom is -0.373 e. The van der Waals surface area contributed by atoms with Crippen LogP contribution in [0.25, 0.3) is 10.9 Å². The Kier molecular flexibility index (Phi) is 4.44. The summed E-state index contributed by atoms with van der Waals surface area (Å²) in [5.41, 5.74) is 2.23. The van der Waals surface area contributed by atoms with Gasteiger partial charge in [0.1, 0.15) is 12.1 Å². The first kappa shape index (κ1) is 16.9. The molecule has 138 valence electrons. The Bertz CT molecular complexity index is 951. The Hall–Kier alpha value is -2.21. The highest BCUT2D eigenvalue weighted by molar-refractivity contribution is 6.31. The van der Waals surface area contributed by atoms with E-state index in [0.29, 0.717) is 11.1 Å². The van der Waals surface area contributed by atoms with E-state index in [-0.39, 0.29) is 6.10 Å². The fraction of sp³-hybridized carbons (Fsp3) is 0.333. The molecule has 0 spiro atoms. The normalized spacial score (nSPS) is 22.9. The lowest BCUT2D eigenvalue weighted by Crippen LogP contribution is -2.50. The van der Waals surface area contributed by atoms with Crippen LogP contribution in [0.5, 0.6) is 0 Å². The number of fused-ring (bicyclic) bond motifs is 2. The number of rotatable bonds is 3. The van der Waals surface area contributed by atoms with E-state index in [1.54, 1.807) is 6.33 Å². The van der Waals surface area contributed by atoms with Crippen molar-refractivity contribution in [1.29, 1.82) is 0 Å². The number of hydrogen-bond donors (Lipinski definition) is 0. The van der Waals surface area contributed by atoms with Crippen molar-refractivity contribution in [2.45, 2.75) is 18.7 Å². The summed E-state index contributed by atoms with van der Waals surface area (Å²) in [5, 5.41) is 1.73. The van der Waals surface area contributed by atoms with Crippen molar-refractivity contribution < 1.29 is 4.74 Å². The highest BCUT2D eigenvalue weighted by Gasteiger charge is 2.40. The quantitative estimate of drug-likeness (QED) is 0.696. The molecule has 0 amide bonds. The zero-order valence-electron chi connectivity index (χ0n) is 15.0. The number of hydrogen-bond acceptors (Lipinski definition) is 5. The highest BCUT2D eigenvalue weighted by atomic mass is 35.5. The van der Waals surface area contributed by atoms with Gasteiger partial charge in [0, 0.05) is 36.6 Å². The molecule has 3 heterocycles. The average molecular weight is 381 g/mol. The highest BCUT2D eigenvalue weighted by Crippen LogP contribution is 2.31. The SMILES string of the molecule is Clc1ccc2c(N3CC4OCCN(Cc5ccccc5)C4C3)ncnc2c1. The summed E-state index contributed by atoms with van der Waals surface area (Å²) in [4.78, 5) is 13.8. The van der Waals surface area contributed by atoms with Gasteiger partial charge in [-0.1, -0.05) is 41.9 Å². The van der Waals surface area contributed by atoms with Crippen LogP contribution >= 0.6 is 11.6 Å². The predicted octanol–water partition coefficient (Wildman–Crippen LogP) is 3.37. The van der Waals surface area contributed by atoms with Gasteiger partial charge in [-0.25, -0.2) is 9.97 Å². The summed E-state index contributed by atoms with van der Waals surface area (Å²) in [5.74, 6) is 0.967. The molecular weight excluding hydrogens is 360 g/mol. The number of anilines is 1. The van der Waals surface area contributed by atoms with Crippen molar-refractivity contribution in [1.82, 2.24) is 14.9 Å². The molecule has 2 saturated heterocycles. The molecule has 0 aliphatic carbocycles. The summed E-state index contributed by atoms with van der Waals surface area (Å²) in [6.07, 6.45) is 1.83. The smallest absolute Gasteiger partial charge is 0.140 e. The van der Waals surface area contributed by atoms with E-state index in [9.17, 15) is 0 Å². The zero-order valence-corrected chi connectivity index (χ0v) is 15.7. The molecule has 5 nitrogen and oxygen atoms in total. The lowest BCUT2D eigenvalue weighted by atomic mass is 10.1. The molecule has 5 rings (SSSR count). The van der Waals surface area contributed by atoms with Crippen LogP contribution in [0.15, 0.2) is 54.9 Å². The average Bonchev–Trinajstić information content (AvgIpc) is 3.13. The molecule has 1 aromatic heterocycles. The molecule has 2 fully saturated rings. The van der Waals surface area contributed by atoms with E-state index >= 15 is 0 Å². The Morgan fingerprint density at radius 3 is 2.85 bits per heavy atom. The summed E-state index contributed by atoms with van der Waals surface area (Å²) < 4.78 is 6.10. The largest absolute Gasteiger partial charge is 0.373 e. The number of halogens is 1. The van der Waals surface area contributed by atoms with Gasteiger partial charge in [-0.2, -0.15) is 0 Å². The van der Waals surface area contributed by atoms with Gasteiger partial charge in [-0.05, 0) is 23.8 Å². The predicted molar refractivity (Wildman–Crippen MR) is 107 cm³/mol. The summed E-state index contributed by atoms with van der Waals surface area (Å²) in [7, 11) is 0. The molecule has 3 aromatic rings. The lowest BCUT2D eigenvalue weighted by molar-refractivity contribution is -0.0499. The van der Waals surface area contributed by atoms with E-state index < -0.39 is 0 Å². The summed E-state index contributed by atoms with van der Waals surface area (Å²) >= 11 is 6.13. The minimum atomic E-state index is 0.208. The van der Waals surface area contributed by atoms with Crippen LogP contribution in [0.4, 0.5) is 5.82 Å². The van der Waals surface area contributed by atoms with Gasteiger partial charge in [-0.15, -0.1) is 0 Å². The first-order valence-electron chi connectivity index (χ1n) is 9.33. The molecule has 2 aromatic carbocycles. The topological polar surface area (TPSA) is 41.5 Å². The monoisotopic (exact) mass is 380 g/mol. The maximum Gasteiger partial charge on any atom is 0.140 e. The van der Waals surface area contributed by atoms with Crippen LogP contribution in [0, 0.1) is 0 Å². The molecule has 0 N–H and O–H groups in total. The van der Waals surface area contributed by atoms with Crippen molar-refractivity contribution in [3.63, 3.8) is 0 Å². The maximum absolute atomic E-state index is 6.13. The second kappa shape index (κ2) is 7.08. The third-order valence-corrected chi connectivity index (χ3v) is 5.76. The fourth-order valence-electron chi connectivity index (χ4n) is 4.21. The van der Waals surface area contributed by atoms with Crippen LogP contribution < -0.4 is 4.90 Å². The van der Waals surface area contributed by atoms with Gasteiger partial charge >= 0.3 is 0 Å². The van der Waals surface area contributed by atoms with E-state index in [4.69, 9.17) is 16.3 Å². The Balaban J connectivity index is 1.41. The van der Waals surface area contributed by atoms with Crippen LogP contribution in [0.2, 0.25) is 5.02 Å². The standard InChI is InChI=1S/C21H21ClN4O/c22-16-6-7-17-18(10-16)23-14-24-21(17)26-12-19-20(13-26)27-9-8-25(19)11-15-4-2-1-3-5-15/h1-7,10,14,19-20H,8-9,11-13H2. The molecule has 2 aliphatic rings. The van der Waals surface area contributed by atoms with Crippen molar-refractivity contribution in [3.05, 3.63) is 65.4 Å². The molecule has 2 aliphatic heterocycles. The van der Waals surface area contributed by atoms with Gasteiger partial charge < -0.3 is 9.64 Å². The van der Waals surface area contributed by atoms with Crippen LogP contribution in [0.1, 0.15) is 5.56 Å². The molecular formula is C21H21ClN4O. The van der Waals surface area contributed by atoms with Crippen LogP contribution in [-0.4, -0.2) is 53.3 Å². The first-order valence-corrected chi connectivity index (χ1v) is 9.70. The maximum atomic E-state index is 6.13. The molecule has 0 saturated carbocycles. The molecule has 2 atom stereocenters. The van der Waals surface area contributed by atoms with Crippen LogP contribution in [-0.2, 0) is 11.3 Å². The van der Waals surface area contributed by atoms with Gasteiger partial charge in [0.2, 0.25) is 0 Å². The Morgan fingerprint density at radius 1 is 1.07 bits per heavy atom. The number of morpholine rings is 1. The third-order valence-electron chi connectivity index (χ3n) is 5.52. The second-order valence-electron chi connectivity index (χ2n) is 7.20. The van der Waals surface area contributed by atoms with Gasteiger partial charge in [0.05, 0.1) is 24.3 Å². The van der Waals surface area contributed by atoms with Crippen molar-refractivity contribution in [3.8, 4) is 0 Å². The van der Waals surface area contributed by atoms with Crippen LogP contribution in [0.3, 0.4) is 0 Å². The van der Waals surface area contributed by atoms with Crippen molar-refractivity contribution >= 4 is 28.3 Å². The van der Waals surface area contributed by atoms with Crippen molar-refractivity contribution in [2.24, 2.45) is 0 Å². The molecule has 6 heteroatoms. The Labute approximate surface area is 163 Å². The van der Waals surface area contributed by atoms with E-state index in [1.165, 1.54) is 5.56 Å². The lowest BCUT2D eigenvalue weighted by Gasteiger charge is -2.36. The number of aromatic nitrogens is 2. The van der Waals surface area contributed by atoms with Crippen molar-refractivity contribution in [2.75, 3.05) is 31.1 Å². The van der Waals surface area contributed by atoms with Gasteiger partial charge in [0.25, 0.3) is 0 Å². The summed E-state index contributed by atoms with van der Waals surface area (Å²) in [6.45, 7) is 4.46. The number of nitrogens with zero attached hydrogens (tertiary/aromatic N) is 4. The molecule has 0 bridgehead atoms. The van der Waals surface area contributed by atoms with E-state index in [0.717, 1.165) is 49.5 Å². The third kappa shape index (κ3) is 3.27. The molecule has 2 unspecified atom stereocenters.